The van der Waals surface area contributed by atoms with Crippen LogP contribution in [0.1, 0.15) is 5.56 Å². The first-order valence-electron chi connectivity index (χ1n) is 7.69. The number of aromatic hydroxyl groups is 1. The third-order valence-corrected chi connectivity index (χ3v) is 4.19. The van der Waals surface area contributed by atoms with E-state index in [1.54, 1.807) is 18.2 Å². The summed E-state index contributed by atoms with van der Waals surface area (Å²) < 4.78 is 10.9. The van der Waals surface area contributed by atoms with Crippen LogP contribution in [0, 0.1) is 0 Å². The van der Waals surface area contributed by atoms with Crippen LogP contribution < -0.4 is 5.32 Å². The summed E-state index contributed by atoms with van der Waals surface area (Å²) in [6.45, 7) is 4.44. The number of hydrogen-bond acceptors (Lipinski definition) is 5. The van der Waals surface area contributed by atoms with Crippen molar-refractivity contribution in [3.8, 4) is 5.75 Å². The number of morpholine rings is 1. The highest BCUT2D eigenvalue weighted by Gasteiger charge is 2.34. The van der Waals surface area contributed by atoms with Crippen LogP contribution in [0.15, 0.2) is 24.3 Å². The fourth-order valence-electron chi connectivity index (χ4n) is 3.06. The summed E-state index contributed by atoms with van der Waals surface area (Å²) in [4.78, 5) is 14.5. The lowest BCUT2D eigenvalue weighted by Crippen LogP contribution is -2.54. The number of carbonyl (C=O) groups is 1. The van der Waals surface area contributed by atoms with Gasteiger partial charge in [-0.1, -0.05) is 12.1 Å². The van der Waals surface area contributed by atoms with E-state index in [2.05, 4.69) is 10.2 Å². The van der Waals surface area contributed by atoms with Gasteiger partial charge >= 0.3 is 0 Å². The molecule has 2 N–H and O–H groups in total. The van der Waals surface area contributed by atoms with E-state index in [0.717, 1.165) is 31.9 Å². The Labute approximate surface area is 130 Å². The van der Waals surface area contributed by atoms with Crippen molar-refractivity contribution in [2.75, 3.05) is 39.5 Å². The third kappa shape index (κ3) is 3.76. The average molecular weight is 306 g/mol. The van der Waals surface area contributed by atoms with Crippen LogP contribution in [0.2, 0.25) is 0 Å². The Kier molecular flexibility index (Phi) is 4.92. The first kappa shape index (κ1) is 15.3. The maximum Gasteiger partial charge on any atom is 0.224 e. The van der Waals surface area contributed by atoms with Gasteiger partial charge < -0.3 is 19.9 Å². The zero-order chi connectivity index (χ0) is 15.4. The van der Waals surface area contributed by atoms with Gasteiger partial charge in [0.15, 0.2) is 0 Å². The summed E-state index contributed by atoms with van der Waals surface area (Å²) in [7, 11) is 0. The molecule has 0 spiro atoms. The van der Waals surface area contributed by atoms with Crippen LogP contribution in [-0.4, -0.2) is 67.5 Å². The fraction of sp³-hybridized carbons (Fsp3) is 0.562. The van der Waals surface area contributed by atoms with E-state index in [4.69, 9.17) is 9.47 Å². The molecule has 2 aliphatic rings. The maximum atomic E-state index is 12.2. The summed E-state index contributed by atoms with van der Waals surface area (Å²) in [6.07, 6.45) is 0.265. The fourth-order valence-corrected chi connectivity index (χ4v) is 3.06. The highest BCUT2D eigenvalue weighted by Crippen LogP contribution is 2.16. The van der Waals surface area contributed by atoms with Crippen molar-refractivity contribution in [3.63, 3.8) is 0 Å². The molecule has 2 heterocycles. The van der Waals surface area contributed by atoms with Gasteiger partial charge in [-0.2, -0.15) is 0 Å². The molecule has 2 aliphatic heterocycles. The molecule has 0 bridgehead atoms. The SMILES string of the molecule is O=C(Cc1cccc(O)c1)N[C@@H]1COC[C@H]1N1CCOCC1. The second-order valence-corrected chi connectivity index (χ2v) is 5.77. The first-order valence-corrected chi connectivity index (χ1v) is 7.69. The molecule has 22 heavy (non-hydrogen) atoms. The number of benzene rings is 1. The van der Waals surface area contributed by atoms with Crippen LogP contribution >= 0.6 is 0 Å². The van der Waals surface area contributed by atoms with Crippen molar-refractivity contribution in [1.29, 1.82) is 0 Å². The van der Waals surface area contributed by atoms with Gasteiger partial charge in [-0.25, -0.2) is 0 Å². The summed E-state index contributed by atoms with van der Waals surface area (Å²) >= 11 is 0. The second kappa shape index (κ2) is 7.09. The van der Waals surface area contributed by atoms with Crippen molar-refractivity contribution in [2.45, 2.75) is 18.5 Å². The number of phenolic OH excluding ortho intramolecular Hbond substituents is 1. The Hall–Kier alpha value is -1.63. The number of carbonyl (C=O) groups excluding carboxylic acids is 1. The number of rotatable bonds is 4. The highest BCUT2D eigenvalue weighted by atomic mass is 16.5. The van der Waals surface area contributed by atoms with Crippen LogP contribution in [-0.2, 0) is 20.7 Å². The predicted octanol–water partition coefficient (Wildman–Crippen LogP) is 0.151. The topological polar surface area (TPSA) is 71.0 Å². The number of amides is 1. The minimum absolute atomic E-state index is 0.0166. The summed E-state index contributed by atoms with van der Waals surface area (Å²) in [5.74, 6) is 0.139. The van der Waals surface area contributed by atoms with Gasteiger partial charge in [-0.15, -0.1) is 0 Å². The Balaban J connectivity index is 1.55. The number of phenols is 1. The number of ether oxygens (including phenoxy) is 2. The standard InChI is InChI=1S/C16H22N2O4/c19-13-3-1-2-12(8-13)9-16(20)17-14-10-22-11-15(14)18-4-6-21-7-5-18/h1-3,8,14-15,19H,4-7,9-11H2,(H,17,20)/t14-,15-/m1/s1. The quantitative estimate of drug-likeness (QED) is 0.829. The van der Waals surface area contributed by atoms with Gasteiger partial charge in [0, 0.05) is 13.1 Å². The van der Waals surface area contributed by atoms with Gasteiger partial charge in [0.1, 0.15) is 5.75 Å². The molecular weight excluding hydrogens is 284 g/mol. The van der Waals surface area contributed by atoms with Crippen LogP contribution in [0.4, 0.5) is 0 Å². The molecule has 2 fully saturated rings. The van der Waals surface area contributed by atoms with Crippen LogP contribution in [0.25, 0.3) is 0 Å². The normalized spacial score (nSPS) is 26.0. The maximum absolute atomic E-state index is 12.2. The van der Waals surface area contributed by atoms with E-state index in [9.17, 15) is 9.90 Å². The van der Waals surface area contributed by atoms with Crippen LogP contribution in [0.5, 0.6) is 5.75 Å². The Morgan fingerprint density at radius 3 is 2.86 bits per heavy atom. The largest absolute Gasteiger partial charge is 0.508 e. The second-order valence-electron chi connectivity index (χ2n) is 5.77. The van der Waals surface area contributed by atoms with E-state index in [1.165, 1.54) is 0 Å². The van der Waals surface area contributed by atoms with Gasteiger partial charge in [0.05, 0.1) is 44.9 Å². The van der Waals surface area contributed by atoms with Gasteiger partial charge in [-0.3, -0.25) is 9.69 Å². The van der Waals surface area contributed by atoms with E-state index in [-0.39, 0.29) is 30.2 Å². The lowest BCUT2D eigenvalue weighted by Gasteiger charge is -2.34. The average Bonchev–Trinajstić information content (AvgIpc) is 2.96. The van der Waals surface area contributed by atoms with Crippen LogP contribution in [0.3, 0.4) is 0 Å². The van der Waals surface area contributed by atoms with Crippen molar-refractivity contribution in [2.24, 2.45) is 0 Å². The summed E-state index contributed by atoms with van der Waals surface area (Å²) in [5, 5.41) is 12.5. The Morgan fingerprint density at radius 1 is 1.27 bits per heavy atom. The Bertz CT molecular complexity index is 517. The molecule has 6 heteroatoms. The molecule has 0 radical (unpaired) electrons. The molecule has 0 unspecified atom stereocenters. The smallest absolute Gasteiger partial charge is 0.224 e. The molecule has 6 nitrogen and oxygen atoms in total. The van der Waals surface area contributed by atoms with E-state index < -0.39 is 0 Å². The van der Waals surface area contributed by atoms with Crippen molar-refractivity contribution in [1.82, 2.24) is 10.2 Å². The highest BCUT2D eigenvalue weighted by molar-refractivity contribution is 5.79. The molecule has 2 atom stereocenters. The zero-order valence-corrected chi connectivity index (χ0v) is 12.5. The van der Waals surface area contributed by atoms with E-state index in [0.29, 0.717) is 13.2 Å². The molecule has 0 aliphatic carbocycles. The Morgan fingerprint density at radius 2 is 2.09 bits per heavy atom. The number of nitrogens with one attached hydrogen (secondary N) is 1. The lowest BCUT2D eigenvalue weighted by molar-refractivity contribution is -0.121. The first-order chi connectivity index (χ1) is 10.7. The molecule has 2 saturated heterocycles. The third-order valence-electron chi connectivity index (χ3n) is 4.19. The molecular formula is C16H22N2O4. The molecule has 0 aromatic heterocycles. The zero-order valence-electron chi connectivity index (χ0n) is 12.5. The molecule has 1 amide bonds. The molecule has 0 saturated carbocycles. The summed E-state index contributed by atoms with van der Waals surface area (Å²) in [6, 6.07) is 7.03. The summed E-state index contributed by atoms with van der Waals surface area (Å²) in [5.41, 5.74) is 0.805. The van der Waals surface area contributed by atoms with Crippen molar-refractivity contribution < 1.29 is 19.4 Å². The van der Waals surface area contributed by atoms with Gasteiger partial charge in [-0.05, 0) is 17.7 Å². The minimum Gasteiger partial charge on any atom is -0.508 e. The van der Waals surface area contributed by atoms with Crippen molar-refractivity contribution in [3.05, 3.63) is 29.8 Å². The number of hydrogen-bond donors (Lipinski definition) is 2. The lowest BCUT2D eigenvalue weighted by atomic mass is 10.1. The van der Waals surface area contributed by atoms with E-state index in [1.807, 2.05) is 6.07 Å². The predicted molar refractivity (Wildman–Crippen MR) is 80.7 cm³/mol. The van der Waals surface area contributed by atoms with Crippen molar-refractivity contribution >= 4 is 5.91 Å². The van der Waals surface area contributed by atoms with Gasteiger partial charge in [0.2, 0.25) is 5.91 Å². The number of nitrogens with zero attached hydrogens (tertiary/aromatic N) is 1. The van der Waals surface area contributed by atoms with E-state index >= 15 is 0 Å². The van der Waals surface area contributed by atoms with Gasteiger partial charge in [0.25, 0.3) is 0 Å². The molecule has 120 valence electrons. The molecule has 1 aromatic rings. The minimum atomic E-state index is -0.0423. The monoisotopic (exact) mass is 306 g/mol. The molecule has 1 aromatic carbocycles. The molecule has 3 rings (SSSR count).